The average molecular weight is 166 g/mol. The van der Waals surface area contributed by atoms with E-state index < -0.39 is 5.91 Å². The topological polar surface area (TPSA) is 80.9 Å². The molecule has 0 atom stereocenters. The maximum Gasteiger partial charge on any atom is 0.251 e. The summed E-state index contributed by atoms with van der Waals surface area (Å²) in [6.07, 6.45) is 2.79. The summed E-state index contributed by atoms with van der Waals surface area (Å²) in [4.78, 5) is 18.3. The van der Waals surface area contributed by atoms with Gasteiger partial charge in [-0.25, -0.2) is 9.97 Å². The van der Waals surface area contributed by atoms with Crippen LogP contribution >= 0.6 is 0 Å². The van der Waals surface area contributed by atoms with Crippen LogP contribution in [0.2, 0.25) is 0 Å². The molecule has 0 aliphatic carbocycles. The molecular weight excluding hydrogens is 156 g/mol. The average Bonchev–Trinajstić information content (AvgIpc) is 2.06. The minimum atomic E-state index is -0.516. The van der Waals surface area contributed by atoms with Gasteiger partial charge in [0.25, 0.3) is 5.91 Å². The number of nitrogens with one attached hydrogen (secondary N) is 1. The molecule has 0 spiro atoms. The van der Waals surface area contributed by atoms with Gasteiger partial charge in [0.05, 0.1) is 5.56 Å². The van der Waals surface area contributed by atoms with E-state index in [4.69, 9.17) is 5.73 Å². The zero-order valence-corrected chi connectivity index (χ0v) is 6.74. The second kappa shape index (κ2) is 3.66. The maximum atomic E-state index is 10.6. The molecule has 1 aromatic heterocycles. The maximum absolute atomic E-state index is 10.6. The molecule has 1 heterocycles. The lowest BCUT2D eigenvalue weighted by Gasteiger charge is -1.99. The Labute approximate surface area is 70.0 Å². The molecule has 3 N–H and O–H groups in total. The van der Waals surface area contributed by atoms with Crippen LogP contribution in [0, 0.1) is 0 Å². The van der Waals surface area contributed by atoms with E-state index in [1.54, 1.807) is 0 Å². The SMILES string of the molecule is CCNc1ncc(C(N)=O)cn1. The fourth-order valence-electron chi connectivity index (χ4n) is 0.705. The third-order valence-electron chi connectivity index (χ3n) is 1.27. The van der Waals surface area contributed by atoms with Crippen molar-refractivity contribution in [2.24, 2.45) is 5.73 Å². The number of carbonyl (C=O) groups is 1. The molecule has 0 saturated carbocycles. The molecule has 0 fully saturated rings. The second-order valence-corrected chi connectivity index (χ2v) is 2.19. The number of primary amides is 1. The second-order valence-electron chi connectivity index (χ2n) is 2.19. The van der Waals surface area contributed by atoms with Gasteiger partial charge in [0, 0.05) is 18.9 Å². The molecule has 1 amide bonds. The summed E-state index contributed by atoms with van der Waals surface area (Å²) in [6.45, 7) is 2.68. The molecule has 1 rings (SSSR count). The van der Waals surface area contributed by atoms with Crippen LogP contribution in [0.3, 0.4) is 0 Å². The molecule has 1 aromatic rings. The van der Waals surface area contributed by atoms with Gasteiger partial charge in [-0.1, -0.05) is 0 Å². The number of rotatable bonds is 3. The van der Waals surface area contributed by atoms with Crippen molar-refractivity contribution in [3.05, 3.63) is 18.0 Å². The number of nitrogens with two attached hydrogens (primary N) is 1. The van der Waals surface area contributed by atoms with Crippen molar-refractivity contribution in [3.8, 4) is 0 Å². The molecule has 5 heteroatoms. The van der Waals surface area contributed by atoms with Crippen molar-refractivity contribution >= 4 is 11.9 Å². The number of anilines is 1. The van der Waals surface area contributed by atoms with E-state index >= 15 is 0 Å². The van der Waals surface area contributed by atoms with E-state index in [-0.39, 0.29) is 0 Å². The van der Waals surface area contributed by atoms with Gasteiger partial charge in [0.2, 0.25) is 5.95 Å². The zero-order chi connectivity index (χ0) is 8.97. The Bertz CT molecular complexity index is 269. The zero-order valence-electron chi connectivity index (χ0n) is 6.74. The first kappa shape index (κ1) is 8.45. The third kappa shape index (κ3) is 1.91. The summed E-state index contributed by atoms with van der Waals surface area (Å²) < 4.78 is 0. The summed E-state index contributed by atoms with van der Waals surface area (Å²) in [7, 11) is 0. The molecular formula is C7H10N4O. The van der Waals surface area contributed by atoms with E-state index in [9.17, 15) is 4.79 Å². The Morgan fingerprint density at radius 1 is 1.58 bits per heavy atom. The monoisotopic (exact) mass is 166 g/mol. The first-order valence-corrected chi connectivity index (χ1v) is 3.59. The van der Waals surface area contributed by atoms with Gasteiger partial charge in [0.15, 0.2) is 0 Å². The highest BCUT2D eigenvalue weighted by Gasteiger charge is 2.00. The summed E-state index contributed by atoms with van der Waals surface area (Å²) in [5.41, 5.74) is 5.31. The van der Waals surface area contributed by atoms with Gasteiger partial charge in [0.1, 0.15) is 0 Å². The summed E-state index contributed by atoms with van der Waals surface area (Å²) >= 11 is 0. The van der Waals surface area contributed by atoms with E-state index in [1.807, 2.05) is 6.92 Å². The molecule has 0 saturated heterocycles. The van der Waals surface area contributed by atoms with Crippen LogP contribution < -0.4 is 11.1 Å². The normalized spacial score (nSPS) is 9.42. The standard InChI is InChI=1S/C7H10N4O/c1-2-9-7-10-3-5(4-11-7)6(8)12/h3-4H,2H2,1H3,(H2,8,12)(H,9,10,11). The Morgan fingerprint density at radius 2 is 2.17 bits per heavy atom. The first-order valence-electron chi connectivity index (χ1n) is 3.59. The molecule has 0 aliphatic heterocycles. The predicted octanol–water partition coefficient (Wildman–Crippen LogP) is 0.00730. The van der Waals surface area contributed by atoms with Gasteiger partial charge in [-0.05, 0) is 6.92 Å². The van der Waals surface area contributed by atoms with Crippen molar-refractivity contribution in [3.63, 3.8) is 0 Å². The first-order chi connectivity index (χ1) is 5.74. The summed E-state index contributed by atoms with van der Waals surface area (Å²) in [5.74, 6) is -0.0134. The number of hydrogen-bond acceptors (Lipinski definition) is 4. The predicted molar refractivity (Wildman–Crippen MR) is 44.7 cm³/mol. The summed E-state index contributed by atoms with van der Waals surface area (Å²) in [6, 6.07) is 0. The van der Waals surface area contributed by atoms with Crippen molar-refractivity contribution < 1.29 is 4.79 Å². The Morgan fingerprint density at radius 3 is 2.58 bits per heavy atom. The number of hydrogen-bond donors (Lipinski definition) is 2. The molecule has 0 aromatic carbocycles. The number of aromatic nitrogens is 2. The minimum absolute atomic E-state index is 0.316. The fraction of sp³-hybridized carbons (Fsp3) is 0.286. The lowest BCUT2D eigenvalue weighted by Crippen LogP contribution is -2.12. The van der Waals surface area contributed by atoms with Crippen molar-refractivity contribution in [1.82, 2.24) is 9.97 Å². The van der Waals surface area contributed by atoms with Crippen LogP contribution in [0.4, 0.5) is 5.95 Å². The van der Waals surface area contributed by atoms with Gasteiger partial charge in [-0.15, -0.1) is 0 Å². The van der Waals surface area contributed by atoms with Crippen LogP contribution in [0.5, 0.6) is 0 Å². The highest BCUT2D eigenvalue weighted by Crippen LogP contribution is 1.98. The largest absolute Gasteiger partial charge is 0.366 e. The van der Waals surface area contributed by atoms with Gasteiger partial charge in [-0.2, -0.15) is 0 Å². The third-order valence-corrected chi connectivity index (χ3v) is 1.27. The van der Waals surface area contributed by atoms with Gasteiger partial charge in [-0.3, -0.25) is 4.79 Å². The van der Waals surface area contributed by atoms with Crippen molar-refractivity contribution in [1.29, 1.82) is 0 Å². The molecule has 0 aliphatic rings. The molecule has 5 nitrogen and oxygen atoms in total. The van der Waals surface area contributed by atoms with Crippen LogP contribution in [-0.4, -0.2) is 22.4 Å². The Kier molecular flexibility index (Phi) is 2.57. The number of nitrogens with zero attached hydrogens (tertiary/aromatic N) is 2. The molecule has 12 heavy (non-hydrogen) atoms. The van der Waals surface area contributed by atoms with Gasteiger partial charge >= 0.3 is 0 Å². The molecule has 0 radical (unpaired) electrons. The quantitative estimate of drug-likeness (QED) is 0.662. The lowest BCUT2D eigenvalue weighted by atomic mass is 10.3. The van der Waals surface area contributed by atoms with Crippen molar-refractivity contribution in [2.75, 3.05) is 11.9 Å². The highest BCUT2D eigenvalue weighted by atomic mass is 16.1. The Hall–Kier alpha value is -1.65. The van der Waals surface area contributed by atoms with Crippen LogP contribution in [0.1, 0.15) is 17.3 Å². The van der Waals surface area contributed by atoms with Crippen LogP contribution in [0.25, 0.3) is 0 Å². The van der Waals surface area contributed by atoms with E-state index in [0.29, 0.717) is 11.5 Å². The molecule has 0 unspecified atom stereocenters. The van der Waals surface area contributed by atoms with Gasteiger partial charge < -0.3 is 11.1 Å². The summed E-state index contributed by atoms with van der Waals surface area (Å²) in [5, 5.41) is 2.90. The molecule has 0 bridgehead atoms. The van der Waals surface area contributed by atoms with E-state index in [1.165, 1.54) is 12.4 Å². The Balaban J connectivity index is 2.78. The number of amides is 1. The smallest absolute Gasteiger partial charge is 0.251 e. The lowest BCUT2D eigenvalue weighted by molar-refractivity contribution is 0.0999. The van der Waals surface area contributed by atoms with E-state index in [0.717, 1.165) is 6.54 Å². The minimum Gasteiger partial charge on any atom is -0.366 e. The fourth-order valence-corrected chi connectivity index (χ4v) is 0.705. The number of carbonyl (C=O) groups excluding carboxylic acids is 1. The molecule has 64 valence electrons. The van der Waals surface area contributed by atoms with Crippen LogP contribution in [0.15, 0.2) is 12.4 Å². The van der Waals surface area contributed by atoms with Crippen molar-refractivity contribution in [2.45, 2.75) is 6.92 Å². The van der Waals surface area contributed by atoms with Crippen LogP contribution in [-0.2, 0) is 0 Å². The highest BCUT2D eigenvalue weighted by molar-refractivity contribution is 5.92. The van der Waals surface area contributed by atoms with E-state index in [2.05, 4.69) is 15.3 Å².